The van der Waals surface area contributed by atoms with E-state index in [1.807, 2.05) is 0 Å². The number of hydrogen-bond donors (Lipinski definition) is 4. The average Bonchev–Trinajstić information content (AvgIpc) is 3.35. The van der Waals surface area contributed by atoms with Crippen LogP contribution in [0.1, 0.15) is 32.6 Å². The van der Waals surface area contributed by atoms with Gasteiger partial charge in [0.1, 0.15) is 11.5 Å². The molecule has 5 aliphatic rings. The van der Waals surface area contributed by atoms with E-state index in [1.165, 1.54) is 18.2 Å². The maximum Gasteiger partial charge on any atom is 0.573 e. The first-order valence-corrected chi connectivity index (χ1v) is 11.5. The molecule has 3 aliphatic carbocycles. The Hall–Kier alpha value is -2.08. The monoisotopic (exact) mass is 469 g/mol. The standard InChI is InChI=1S/C22H30F3N5O3/c1-13-7-18-20(26-5-6-30(18)29-13)28-21-9-14(10-21)17(11-21)27-19(31)12-32-15-3-2-4-16(8-15)33-22(23,24)25/h2-4,8,13-14,17-18,20,26,28-29H,5-7,9-12H2,1H3,(H,27,31)/t13?,14?,17-,18?,20?,21?/m0/s1. The molecule has 6 rings (SSSR count). The number of carbonyl (C=O) groups is 1. The molecule has 4 atom stereocenters. The van der Waals surface area contributed by atoms with Crippen LogP contribution in [0.4, 0.5) is 13.2 Å². The number of fused-ring (bicyclic) bond motifs is 2. The Kier molecular flexibility index (Phi) is 5.92. The third-order valence-electron chi connectivity index (χ3n) is 7.19. The second kappa shape index (κ2) is 8.61. The molecular formula is C22H30F3N5O3. The lowest BCUT2D eigenvalue weighted by Gasteiger charge is -2.46. The molecule has 0 radical (unpaired) electrons. The van der Waals surface area contributed by atoms with E-state index in [0.717, 1.165) is 44.8 Å². The molecule has 2 bridgehead atoms. The van der Waals surface area contributed by atoms with Gasteiger partial charge in [-0.3, -0.25) is 20.9 Å². The van der Waals surface area contributed by atoms with Crippen LogP contribution in [0.5, 0.6) is 11.5 Å². The lowest BCUT2D eigenvalue weighted by molar-refractivity contribution is -0.274. The van der Waals surface area contributed by atoms with E-state index < -0.39 is 6.36 Å². The zero-order chi connectivity index (χ0) is 23.2. The fourth-order valence-electron chi connectivity index (χ4n) is 5.91. The summed E-state index contributed by atoms with van der Waals surface area (Å²) in [6.07, 6.45) is -0.529. The largest absolute Gasteiger partial charge is 0.573 e. The summed E-state index contributed by atoms with van der Waals surface area (Å²) in [4.78, 5) is 12.4. The van der Waals surface area contributed by atoms with Crippen molar-refractivity contribution >= 4 is 5.91 Å². The summed E-state index contributed by atoms with van der Waals surface area (Å²) in [6, 6.07) is 6.14. The van der Waals surface area contributed by atoms with Crippen LogP contribution in [0.2, 0.25) is 0 Å². The number of rotatable bonds is 7. The summed E-state index contributed by atoms with van der Waals surface area (Å²) in [5.74, 6) is -0.0780. The van der Waals surface area contributed by atoms with Crippen molar-refractivity contribution in [2.45, 2.75) is 68.8 Å². The molecule has 3 saturated carbocycles. The molecule has 1 aromatic rings. The molecule has 1 amide bonds. The van der Waals surface area contributed by atoms with Crippen molar-refractivity contribution in [1.29, 1.82) is 0 Å². The van der Waals surface area contributed by atoms with Gasteiger partial charge in [0.05, 0.1) is 12.2 Å². The zero-order valence-corrected chi connectivity index (χ0v) is 18.5. The maximum atomic E-state index is 12.4. The second-order valence-electron chi connectivity index (χ2n) is 9.74. The van der Waals surface area contributed by atoms with Crippen LogP contribution >= 0.6 is 0 Å². The number of hydrogen-bond acceptors (Lipinski definition) is 7. The van der Waals surface area contributed by atoms with Crippen molar-refractivity contribution in [3.8, 4) is 11.5 Å². The van der Waals surface area contributed by atoms with Gasteiger partial charge in [-0.25, -0.2) is 5.01 Å². The van der Waals surface area contributed by atoms with Gasteiger partial charge >= 0.3 is 6.36 Å². The molecule has 2 aliphatic heterocycles. The number of benzene rings is 1. The Balaban J connectivity index is 1.10. The first-order chi connectivity index (χ1) is 15.7. The van der Waals surface area contributed by atoms with Gasteiger partial charge in [-0.1, -0.05) is 6.07 Å². The number of piperazine rings is 1. The molecule has 182 valence electrons. The van der Waals surface area contributed by atoms with E-state index in [-0.39, 0.29) is 41.8 Å². The smallest absolute Gasteiger partial charge is 0.484 e. The van der Waals surface area contributed by atoms with Crippen molar-refractivity contribution in [3.63, 3.8) is 0 Å². The summed E-state index contributed by atoms with van der Waals surface area (Å²) >= 11 is 0. The topological polar surface area (TPSA) is 86.9 Å². The minimum Gasteiger partial charge on any atom is -0.484 e. The number of nitrogens with zero attached hydrogens (tertiary/aromatic N) is 1. The third-order valence-corrected chi connectivity index (χ3v) is 7.19. The van der Waals surface area contributed by atoms with Gasteiger partial charge in [0.25, 0.3) is 5.91 Å². The molecule has 4 N–H and O–H groups in total. The number of halogens is 3. The van der Waals surface area contributed by atoms with E-state index in [4.69, 9.17) is 4.74 Å². The number of ether oxygens (including phenoxy) is 2. The fraction of sp³-hybridized carbons (Fsp3) is 0.682. The molecule has 0 aromatic heterocycles. The Morgan fingerprint density at radius 1 is 1.27 bits per heavy atom. The van der Waals surface area contributed by atoms with Crippen LogP contribution in [-0.4, -0.2) is 66.8 Å². The summed E-state index contributed by atoms with van der Waals surface area (Å²) < 4.78 is 46.4. The number of carbonyl (C=O) groups excluding carboxylic acids is 1. The molecule has 11 heteroatoms. The molecule has 8 nitrogen and oxygen atoms in total. The maximum absolute atomic E-state index is 12.4. The summed E-state index contributed by atoms with van der Waals surface area (Å²) in [5.41, 5.74) is 3.57. The van der Waals surface area contributed by atoms with Crippen molar-refractivity contribution < 1.29 is 27.4 Å². The van der Waals surface area contributed by atoms with Gasteiger partial charge in [0, 0.05) is 36.8 Å². The van der Waals surface area contributed by atoms with Gasteiger partial charge in [0.2, 0.25) is 0 Å². The zero-order valence-electron chi connectivity index (χ0n) is 18.5. The summed E-state index contributed by atoms with van der Waals surface area (Å²) in [7, 11) is 0. The number of amides is 1. The highest BCUT2D eigenvalue weighted by molar-refractivity contribution is 5.78. The van der Waals surface area contributed by atoms with Crippen molar-refractivity contribution in [1.82, 2.24) is 26.4 Å². The highest BCUT2D eigenvalue weighted by Crippen LogP contribution is 2.52. The molecule has 0 spiro atoms. The predicted molar refractivity (Wildman–Crippen MR) is 113 cm³/mol. The van der Waals surface area contributed by atoms with Crippen LogP contribution in [0, 0.1) is 5.92 Å². The van der Waals surface area contributed by atoms with Gasteiger partial charge < -0.3 is 14.8 Å². The molecule has 3 unspecified atom stereocenters. The second-order valence-corrected chi connectivity index (χ2v) is 9.74. The average molecular weight is 470 g/mol. The number of alkyl halides is 3. The predicted octanol–water partition coefficient (Wildman–Crippen LogP) is 1.49. The van der Waals surface area contributed by atoms with E-state index in [1.54, 1.807) is 0 Å². The fourth-order valence-corrected chi connectivity index (χ4v) is 5.91. The van der Waals surface area contributed by atoms with Crippen LogP contribution in [0.3, 0.4) is 0 Å². The highest BCUT2D eigenvalue weighted by Gasteiger charge is 2.57. The molecule has 2 heterocycles. The van der Waals surface area contributed by atoms with Crippen LogP contribution in [0.25, 0.3) is 0 Å². The third kappa shape index (κ3) is 5.06. The Morgan fingerprint density at radius 3 is 2.85 bits per heavy atom. The molecule has 1 aromatic carbocycles. The summed E-state index contributed by atoms with van der Waals surface area (Å²) in [5, 5.41) is 12.9. The summed E-state index contributed by atoms with van der Waals surface area (Å²) in [6.45, 7) is 3.87. The van der Waals surface area contributed by atoms with Gasteiger partial charge in [-0.2, -0.15) is 0 Å². The van der Waals surface area contributed by atoms with E-state index in [2.05, 4.69) is 38.0 Å². The highest BCUT2D eigenvalue weighted by atomic mass is 19.4. The van der Waals surface area contributed by atoms with Crippen LogP contribution in [-0.2, 0) is 4.79 Å². The van der Waals surface area contributed by atoms with Gasteiger partial charge in [-0.15, -0.1) is 13.2 Å². The van der Waals surface area contributed by atoms with Crippen molar-refractivity contribution in [2.24, 2.45) is 5.92 Å². The quantitative estimate of drug-likeness (QED) is 0.481. The van der Waals surface area contributed by atoms with Crippen molar-refractivity contribution in [3.05, 3.63) is 24.3 Å². The first kappa shape index (κ1) is 22.7. The minimum absolute atomic E-state index is 0.0409. The molecule has 33 heavy (non-hydrogen) atoms. The Bertz CT molecular complexity index is 879. The Morgan fingerprint density at radius 2 is 2.06 bits per heavy atom. The normalized spacial score (nSPS) is 35.6. The number of hydrazine groups is 1. The van der Waals surface area contributed by atoms with Crippen LogP contribution in [0.15, 0.2) is 24.3 Å². The van der Waals surface area contributed by atoms with E-state index in [9.17, 15) is 18.0 Å². The SMILES string of the molecule is CC1CC2C(NC34CC(C3)[C@@H](NC(=O)COc3cccc(OC(F)(F)F)c3)C4)NCCN2N1. The molecule has 2 saturated heterocycles. The Labute approximate surface area is 190 Å². The van der Waals surface area contributed by atoms with Gasteiger partial charge in [0.15, 0.2) is 6.61 Å². The van der Waals surface area contributed by atoms with Gasteiger partial charge in [-0.05, 0) is 50.7 Å². The lowest BCUT2D eigenvalue weighted by atomic mass is 9.76. The van der Waals surface area contributed by atoms with Crippen LogP contribution < -0.4 is 30.8 Å². The molecular weight excluding hydrogens is 439 g/mol. The number of nitrogens with one attached hydrogen (secondary N) is 4. The molecule has 5 fully saturated rings. The first-order valence-electron chi connectivity index (χ1n) is 11.5. The minimum atomic E-state index is -4.78. The van der Waals surface area contributed by atoms with Crippen molar-refractivity contribution in [2.75, 3.05) is 19.7 Å². The van der Waals surface area contributed by atoms with E-state index in [0.29, 0.717) is 18.0 Å². The van der Waals surface area contributed by atoms with E-state index >= 15 is 0 Å². The lowest BCUT2D eigenvalue weighted by Crippen LogP contribution is -2.68.